The van der Waals surface area contributed by atoms with Crippen molar-refractivity contribution in [3.8, 4) is 0 Å². The highest BCUT2D eigenvalue weighted by atomic mass is 16.1. The maximum atomic E-state index is 11.4. The number of nitrogens with one attached hydrogen (secondary N) is 2. The third kappa shape index (κ3) is 4.61. The molecule has 0 saturated carbocycles. The molecule has 0 aromatic heterocycles. The van der Waals surface area contributed by atoms with Crippen molar-refractivity contribution >= 4 is 5.91 Å². The number of rotatable bonds is 5. The van der Waals surface area contributed by atoms with E-state index in [1.165, 1.54) is 0 Å². The summed E-state index contributed by atoms with van der Waals surface area (Å²) in [6, 6.07) is 0. The van der Waals surface area contributed by atoms with E-state index in [0.717, 1.165) is 32.5 Å². The van der Waals surface area contributed by atoms with Crippen molar-refractivity contribution in [3.63, 3.8) is 0 Å². The van der Waals surface area contributed by atoms with Gasteiger partial charge < -0.3 is 10.6 Å². The summed E-state index contributed by atoms with van der Waals surface area (Å²) >= 11 is 0. The molecule has 0 aromatic carbocycles. The van der Waals surface area contributed by atoms with Gasteiger partial charge in [-0.25, -0.2) is 0 Å². The molecule has 0 aromatic rings. The van der Waals surface area contributed by atoms with Crippen molar-refractivity contribution in [2.75, 3.05) is 19.6 Å². The fourth-order valence-electron chi connectivity index (χ4n) is 1.72. The van der Waals surface area contributed by atoms with Gasteiger partial charge in [-0.3, -0.25) is 4.79 Å². The molecule has 1 saturated heterocycles. The predicted molar refractivity (Wildman–Crippen MR) is 58.1 cm³/mol. The molecule has 3 heteroatoms. The first-order chi connectivity index (χ1) is 6.68. The second-order valence-corrected chi connectivity index (χ2v) is 4.60. The van der Waals surface area contributed by atoms with Gasteiger partial charge in [0.05, 0.1) is 0 Å². The fourth-order valence-corrected chi connectivity index (χ4v) is 1.72. The molecule has 3 nitrogen and oxygen atoms in total. The minimum Gasteiger partial charge on any atom is -0.356 e. The molecule has 1 atom stereocenters. The molecule has 0 radical (unpaired) electrons. The van der Waals surface area contributed by atoms with E-state index >= 15 is 0 Å². The normalized spacial score (nSPS) is 21.5. The van der Waals surface area contributed by atoms with Crippen LogP contribution in [0.1, 0.15) is 33.1 Å². The Morgan fingerprint density at radius 2 is 2.36 bits per heavy atom. The van der Waals surface area contributed by atoms with Crippen LogP contribution in [0.4, 0.5) is 0 Å². The SMILES string of the molecule is CC(C)CCNC(=O)CC1CCNC1. The molecule has 1 amide bonds. The highest BCUT2D eigenvalue weighted by Crippen LogP contribution is 2.11. The quantitative estimate of drug-likeness (QED) is 0.696. The minimum atomic E-state index is 0.222. The zero-order valence-corrected chi connectivity index (χ0v) is 9.31. The van der Waals surface area contributed by atoms with Crippen LogP contribution in [-0.4, -0.2) is 25.5 Å². The summed E-state index contributed by atoms with van der Waals surface area (Å²) in [6.07, 6.45) is 2.93. The van der Waals surface area contributed by atoms with Crippen molar-refractivity contribution in [2.45, 2.75) is 33.1 Å². The first-order valence-electron chi connectivity index (χ1n) is 5.66. The maximum Gasteiger partial charge on any atom is 0.220 e. The first-order valence-corrected chi connectivity index (χ1v) is 5.66. The van der Waals surface area contributed by atoms with Crippen LogP contribution in [0.3, 0.4) is 0 Å². The smallest absolute Gasteiger partial charge is 0.220 e. The standard InChI is InChI=1S/C11H22N2O/c1-9(2)3-6-13-11(14)7-10-4-5-12-8-10/h9-10,12H,3-8H2,1-2H3,(H,13,14). The lowest BCUT2D eigenvalue weighted by molar-refractivity contribution is -0.121. The molecule has 14 heavy (non-hydrogen) atoms. The largest absolute Gasteiger partial charge is 0.356 e. The summed E-state index contributed by atoms with van der Waals surface area (Å²) in [4.78, 5) is 11.4. The van der Waals surface area contributed by atoms with E-state index < -0.39 is 0 Å². The number of hydrogen-bond donors (Lipinski definition) is 2. The molecule has 1 fully saturated rings. The summed E-state index contributed by atoms with van der Waals surface area (Å²) in [7, 11) is 0. The van der Waals surface area contributed by atoms with Crippen LogP contribution < -0.4 is 10.6 Å². The van der Waals surface area contributed by atoms with E-state index in [9.17, 15) is 4.79 Å². The predicted octanol–water partition coefficient (Wildman–Crippen LogP) is 1.15. The van der Waals surface area contributed by atoms with Crippen molar-refractivity contribution in [1.82, 2.24) is 10.6 Å². The van der Waals surface area contributed by atoms with Gasteiger partial charge in [-0.1, -0.05) is 13.8 Å². The summed E-state index contributed by atoms with van der Waals surface area (Å²) in [6.45, 7) is 7.26. The summed E-state index contributed by atoms with van der Waals surface area (Å²) in [5, 5.41) is 6.25. The monoisotopic (exact) mass is 198 g/mol. The molecule has 0 bridgehead atoms. The van der Waals surface area contributed by atoms with Crippen LogP contribution in [0.25, 0.3) is 0 Å². The van der Waals surface area contributed by atoms with Gasteiger partial charge in [0, 0.05) is 13.0 Å². The number of carbonyl (C=O) groups excluding carboxylic acids is 1. The molecule has 1 aliphatic heterocycles. The molecule has 2 N–H and O–H groups in total. The Bertz CT molecular complexity index is 174. The van der Waals surface area contributed by atoms with Gasteiger partial charge in [0.25, 0.3) is 0 Å². The molecule has 1 heterocycles. The second-order valence-electron chi connectivity index (χ2n) is 4.60. The third-order valence-electron chi connectivity index (χ3n) is 2.68. The van der Waals surface area contributed by atoms with Gasteiger partial charge in [0.2, 0.25) is 5.91 Å². The zero-order chi connectivity index (χ0) is 10.4. The highest BCUT2D eigenvalue weighted by Gasteiger charge is 2.17. The molecule has 1 rings (SSSR count). The Labute approximate surface area is 86.6 Å². The number of amides is 1. The van der Waals surface area contributed by atoms with Gasteiger partial charge in [-0.15, -0.1) is 0 Å². The molecule has 1 unspecified atom stereocenters. The van der Waals surface area contributed by atoms with Crippen LogP contribution in [0.5, 0.6) is 0 Å². The van der Waals surface area contributed by atoms with Crippen LogP contribution in [0.2, 0.25) is 0 Å². The van der Waals surface area contributed by atoms with E-state index in [0.29, 0.717) is 18.3 Å². The molecule has 0 spiro atoms. The third-order valence-corrected chi connectivity index (χ3v) is 2.68. The Morgan fingerprint density at radius 1 is 1.57 bits per heavy atom. The Kier molecular flexibility index (Phi) is 4.94. The highest BCUT2D eigenvalue weighted by molar-refractivity contribution is 5.76. The number of hydrogen-bond acceptors (Lipinski definition) is 2. The van der Waals surface area contributed by atoms with Gasteiger partial charge in [-0.05, 0) is 37.8 Å². The zero-order valence-electron chi connectivity index (χ0n) is 9.31. The van der Waals surface area contributed by atoms with E-state index in [2.05, 4.69) is 24.5 Å². The maximum absolute atomic E-state index is 11.4. The average molecular weight is 198 g/mol. The molecule has 0 aliphatic carbocycles. The van der Waals surface area contributed by atoms with E-state index in [1.54, 1.807) is 0 Å². The van der Waals surface area contributed by atoms with E-state index in [4.69, 9.17) is 0 Å². The van der Waals surface area contributed by atoms with Gasteiger partial charge in [0.1, 0.15) is 0 Å². The average Bonchev–Trinajstić information content (AvgIpc) is 2.56. The Morgan fingerprint density at radius 3 is 2.93 bits per heavy atom. The van der Waals surface area contributed by atoms with Crippen LogP contribution in [0, 0.1) is 11.8 Å². The van der Waals surface area contributed by atoms with Crippen LogP contribution >= 0.6 is 0 Å². The van der Waals surface area contributed by atoms with Crippen molar-refractivity contribution < 1.29 is 4.79 Å². The molecule has 82 valence electrons. The van der Waals surface area contributed by atoms with E-state index in [1.807, 2.05) is 0 Å². The topological polar surface area (TPSA) is 41.1 Å². The van der Waals surface area contributed by atoms with Crippen LogP contribution in [-0.2, 0) is 4.79 Å². The summed E-state index contributed by atoms with van der Waals surface area (Å²) in [5.74, 6) is 1.46. The molecule has 1 aliphatic rings. The Hall–Kier alpha value is -0.570. The van der Waals surface area contributed by atoms with Crippen molar-refractivity contribution in [2.24, 2.45) is 11.8 Å². The van der Waals surface area contributed by atoms with Gasteiger partial charge >= 0.3 is 0 Å². The second kappa shape index (κ2) is 6.02. The summed E-state index contributed by atoms with van der Waals surface area (Å²) < 4.78 is 0. The molecular weight excluding hydrogens is 176 g/mol. The fraction of sp³-hybridized carbons (Fsp3) is 0.909. The summed E-state index contributed by atoms with van der Waals surface area (Å²) in [5.41, 5.74) is 0. The Balaban J connectivity index is 2.03. The minimum absolute atomic E-state index is 0.222. The van der Waals surface area contributed by atoms with Crippen molar-refractivity contribution in [3.05, 3.63) is 0 Å². The number of carbonyl (C=O) groups is 1. The lowest BCUT2D eigenvalue weighted by atomic mass is 10.0. The van der Waals surface area contributed by atoms with E-state index in [-0.39, 0.29) is 5.91 Å². The van der Waals surface area contributed by atoms with Crippen LogP contribution in [0.15, 0.2) is 0 Å². The van der Waals surface area contributed by atoms with Gasteiger partial charge in [-0.2, -0.15) is 0 Å². The van der Waals surface area contributed by atoms with Crippen molar-refractivity contribution in [1.29, 1.82) is 0 Å². The lowest BCUT2D eigenvalue weighted by Crippen LogP contribution is -2.27. The lowest BCUT2D eigenvalue weighted by Gasteiger charge is -2.09. The van der Waals surface area contributed by atoms with Gasteiger partial charge in [0.15, 0.2) is 0 Å². The molecular formula is C11H22N2O. The first kappa shape index (κ1) is 11.5.